The average molecular weight is 408 g/mol. The molecular weight excluding hydrogens is 389 g/mol. The molecule has 2 aliphatic rings. The third-order valence-corrected chi connectivity index (χ3v) is 6.71. The standard InChI is InChI=1S/C19H19ClFN3O2S/c1-19(14-7-6-12(21)8-15(14)20)17(25)24(18(26)23-19)9-13-10-27-16(22-13)11-4-2-3-5-11/h6-8,10-11H,2-5,9H2,1H3,(H,23,26). The molecule has 1 atom stereocenters. The summed E-state index contributed by atoms with van der Waals surface area (Å²) in [6.07, 6.45) is 4.75. The maximum absolute atomic E-state index is 13.4. The van der Waals surface area contributed by atoms with Gasteiger partial charge in [-0.2, -0.15) is 0 Å². The van der Waals surface area contributed by atoms with Gasteiger partial charge in [0, 0.05) is 21.9 Å². The summed E-state index contributed by atoms with van der Waals surface area (Å²) in [6, 6.07) is 3.29. The second-order valence-corrected chi connectivity index (χ2v) is 8.53. The molecule has 5 nitrogen and oxygen atoms in total. The molecule has 2 fully saturated rings. The number of benzene rings is 1. The van der Waals surface area contributed by atoms with Crippen LogP contribution in [0.1, 0.15) is 54.8 Å². The molecule has 1 aliphatic heterocycles. The molecule has 1 unspecified atom stereocenters. The Balaban J connectivity index is 1.56. The average Bonchev–Trinajstić information content (AvgIpc) is 3.33. The monoisotopic (exact) mass is 407 g/mol. The Morgan fingerprint density at radius 1 is 1.37 bits per heavy atom. The lowest BCUT2D eigenvalue weighted by Crippen LogP contribution is -2.41. The lowest BCUT2D eigenvalue weighted by molar-refractivity contribution is -0.131. The zero-order valence-corrected chi connectivity index (χ0v) is 16.4. The van der Waals surface area contributed by atoms with E-state index in [-0.39, 0.29) is 11.6 Å². The van der Waals surface area contributed by atoms with Crippen molar-refractivity contribution in [2.24, 2.45) is 0 Å². The van der Waals surface area contributed by atoms with Gasteiger partial charge in [-0.25, -0.2) is 14.2 Å². The van der Waals surface area contributed by atoms with Crippen molar-refractivity contribution in [1.82, 2.24) is 15.2 Å². The van der Waals surface area contributed by atoms with E-state index in [1.54, 1.807) is 18.3 Å². The molecule has 1 aromatic heterocycles. The fourth-order valence-electron chi connectivity index (χ4n) is 3.84. The Kier molecular flexibility index (Phi) is 4.68. The van der Waals surface area contributed by atoms with E-state index in [2.05, 4.69) is 10.3 Å². The van der Waals surface area contributed by atoms with Crippen LogP contribution in [0, 0.1) is 5.82 Å². The van der Waals surface area contributed by atoms with Crippen molar-refractivity contribution in [3.05, 3.63) is 50.7 Å². The number of aromatic nitrogens is 1. The van der Waals surface area contributed by atoms with Crippen LogP contribution in [-0.2, 0) is 16.9 Å². The van der Waals surface area contributed by atoms with Crippen LogP contribution in [0.3, 0.4) is 0 Å². The molecule has 1 aliphatic carbocycles. The fraction of sp³-hybridized carbons (Fsp3) is 0.421. The first-order valence-corrected chi connectivity index (χ1v) is 10.2. The highest BCUT2D eigenvalue weighted by Crippen LogP contribution is 2.37. The second kappa shape index (κ2) is 6.87. The molecule has 3 amide bonds. The lowest BCUT2D eigenvalue weighted by atomic mass is 9.92. The molecule has 4 rings (SSSR count). The predicted octanol–water partition coefficient (Wildman–Crippen LogP) is 4.56. The van der Waals surface area contributed by atoms with E-state index in [1.807, 2.05) is 5.38 Å². The number of hydrogen-bond donors (Lipinski definition) is 1. The van der Waals surface area contributed by atoms with Gasteiger partial charge in [-0.3, -0.25) is 9.69 Å². The number of nitrogens with zero attached hydrogens (tertiary/aromatic N) is 2. The van der Waals surface area contributed by atoms with E-state index in [4.69, 9.17) is 11.6 Å². The van der Waals surface area contributed by atoms with E-state index in [0.717, 1.165) is 28.8 Å². The minimum absolute atomic E-state index is 0.102. The molecule has 1 aromatic carbocycles. The molecule has 0 radical (unpaired) electrons. The van der Waals surface area contributed by atoms with Gasteiger partial charge in [-0.05, 0) is 31.9 Å². The first kappa shape index (κ1) is 18.4. The van der Waals surface area contributed by atoms with Crippen molar-refractivity contribution in [3.8, 4) is 0 Å². The van der Waals surface area contributed by atoms with Gasteiger partial charge in [-0.15, -0.1) is 11.3 Å². The summed E-state index contributed by atoms with van der Waals surface area (Å²) in [5.41, 5.74) is -0.247. The summed E-state index contributed by atoms with van der Waals surface area (Å²) in [7, 11) is 0. The first-order valence-electron chi connectivity index (χ1n) is 8.92. The molecule has 1 saturated carbocycles. The maximum atomic E-state index is 13.4. The summed E-state index contributed by atoms with van der Waals surface area (Å²) >= 11 is 7.71. The predicted molar refractivity (Wildman–Crippen MR) is 101 cm³/mol. The lowest BCUT2D eigenvalue weighted by Gasteiger charge is -2.23. The molecule has 1 N–H and O–H groups in total. The Labute approximate surface area is 165 Å². The van der Waals surface area contributed by atoms with Crippen molar-refractivity contribution < 1.29 is 14.0 Å². The number of nitrogens with one attached hydrogen (secondary N) is 1. The van der Waals surface area contributed by atoms with Crippen LogP contribution in [0.25, 0.3) is 0 Å². The third kappa shape index (κ3) is 3.23. The Bertz CT molecular complexity index is 912. The van der Waals surface area contributed by atoms with Crippen LogP contribution >= 0.6 is 22.9 Å². The number of rotatable bonds is 4. The Morgan fingerprint density at radius 3 is 2.81 bits per heavy atom. The van der Waals surface area contributed by atoms with Gasteiger partial charge >= 0.3 is 6.03 Å². The summed E-state index contributed by atoms with van der Waals surface area (Å²) in [5, 5.41) is 5.79. The van der Waals surface area contributed by atoms with E-state index < -0.39 is 23.3 Å². The molecule has 8 heteroatoms. The van der Waals surface area contributed by atoms with Crippen molar-refractivity contribution in [3.63, 3.8) is 0 Å². The molecule has 0 bridgehead atoms. The fourth-order valence-corrected chi connectivity index (χ4v) is 5.17. The number of thiazole rings is 1. The number of hydrogen-bond acceptors (Lipinski definition) is 4. The Hall–Kier alpha value is -1.99. The molecule has 1 saturated heterocycles. The van der Waals surface area contributed by atoms with Crippen molar-refractivity contribution >= 4 is 34.9 Å². The SMILES string of the molecule is CC1(c2ccc(F)cc2Cl)NC(=O)N(Cc2csc(C3CCCC3)n2)C1=O. The molecule has 27 heavy (non-hydrogen) atoms. The van der Waals surface area contributed by atoms with Gasteiger partial charge in [0.05, 0.1) is 17.2 Å². The second-order valence-electron chi connectivity index (χ2n) is 7.23. The highest BCUT2D eigenvalue weighted by atomic mass is 35.5. The van der Waals surface area contributed by atoms with Gasteiger partial charge in [0.25, 0.3) is 5.91 Å². The Morgan fingerprint density at radius 2 is 2.11 bits per heavy atom. The molecule has 142 valence electrons. The van der Waals surface area contributed by atoms with Gasteiger partial charge in [0.15, 0.2) is 0 Å². The maximum Gasteiger partial charge on any atom is 0.325 e. The number of halogens is 2. The van der Waals surface area contributed by atoms with Crippen LogP contribution in [-0.4, -0.2) is 21.8 Å². The minimum Gasteiger partial charge on any atom is -0.319 e. The third-order valence-electron chi connectivity index (χ3n) is 5.34. The van der Waals surface area contributed by atoms with Crippen molar-refractivity contribution in [1.29, 1.82) is 0 Å². The van der Waals surface area contributed by atoms with Gasteiger partial charge in [0.2, 0.25) is 0 Å². The number of urea groups is 1. The summed E-state index contributed by atoms with van der Waals surface area (Å²) < 4.78 is 13.4. The zero-order valence-electron chi connectivity index (χ0n) is 14.8. The minimum atomic E-state index is -1.33. The van der Waals surface area contributed by atoms with Crippen LogP contribution < -0.4 is 5.32 Å². The van der Waals surface area contributed by atoms with Crippen molar-refractivity contribution in [2.45, 2.75) is 50.6 Å². The molecule has 2 heterocycles. The van der Waals surface area contributed by atoms with E-state index in [0.29, 0.717) is 17.2 Å². The number of amides is 3. The van der Waals surface area contributed by atoms with Gasteiger partial charge < -0.3 is 5.32 Å². The summed E-state index contributed by atoms with van der Waals surface area (Å²) in [4.78, 5) is 31.3. The molecule has 2 aromatic rings. The molecular formula is C19H19ClFN3O2S. The smallest absolute Gasteiger partial charge is 0.319 e. The number of carbonyl (C=O) groups excluding carboxylic acids is 2. The van der Waals surface area contributed by atoms with Crippen molar-refractivity contribution in [2.75, 3.05) is 0 Å². The quantitative estimate of drug-likeness (QED) is 0.755. The number of imide groups is 1. The highest BCUT2D eigenvalue weighted by molar-refractivity contribution is 7.09. The normalized spacial score (nSPS) is 23.3. The summed E-state index contributed by atoms with van der Waals surface area (Å²) in [6.45, 7) is 1.69. The van der Waals surface area contributed by atoms with E-state index in [9.17, 15) is 14.0 Å². The first-order chi connectivity index (χ1) is 12.9. The number of carbonyl (C=O) groups is 2. The van der Waals surface area contributed by atoms with E-state index in [1.165, 1.54) is 25.0 Å². The topological polar surface area (TPSA) is 62.3 Å². The van der Waals surface area contributed by atoms with Crippen LogP contribution in [0.2, 0.25) is 5.02 Å². The molecule has 0 spiro atoms. The van der Waals surface area contributed by atoms with Crippen LogP contribution in [0.5, 0.6) is 0 Å². The van der Waals surface area contributed by atoms with Crippen LogP contribution in [0.15, 0.2) is 23.6 Å². The van der Waals surface area contributed by atoms with Gasteiger partial charge in [-0.1, -0.05) is 30.5 Å². The highest BCUT2D eigenvalue weighted by Gasteiger charge is 2.50. The summed E-state index contributed by atoms with van der Waals surface area (Å²) in [5.74, 6) is -0.422. The van der Waals surface area contributed by atoms with E-state index >= 15 is 0 Å². The van der Waals surface area contributed by atoms with Crippen LogP contribution in [0.4, 0.5) is 9.18 Å². The van der Waals surface area contributed by atoms with Gasteiger partial charge in [0.1, 0.15) is 11.4 Å². The zero-order chi connectivity index (χ0) is 19.2. The largest absolute Gasteiger partial charge is 0.325 e.